The number of hydrazone groups is 1. The van der Waals surface area contributed by atoms with E-state index < -0.39 is 10.0 Å². The Hall–Kier alpha value is -2.97. The van der Waals surface area contributed by atoms with Crippen molar-refractivity contribution < 1.29 is 13.2 Å². The van der Waals surface area contributed by atoms with Crippen LogP contribution in [0.4, 0.5) is 5.69 Å². The van der Waals surface area contributed by atoms with Crippen molar-refractivity contribution >= 4 is 38.7 Å². The molecule has 6 nitrogen and oxygen atoms in total. The van der Waals surface area contributed by atoms with Crippen LogP contribution in [0.25, 0.3) is 0 Å². The lowest BCUT2D eigenvalue weighted by Crippen LogP contribution is -2.29. The van der Waals surface area contributed by atoms with E-state index >= 15 is 0 Å². The van der Waals surface area contributed by atoms with E-state index in [-0.39, 0.29) is 12.5 Å². The number of nitrogens with one attached hydrogen (secondary N) is 1. The number of hydrogen-bond donors (Lipinski definition) is 1. The van der Waals surface area contributed by atoms with E-state index in [0.29, 0.717) is 11.3 Å². The highest BCUT2D eigenvalue weighted by atomic mass is 32.2. The second-order valence-electron chi connectivity index (χ2n) is 6.86. The summed E-state index contributed by atoms with van der Waals surface area (Å²) < 4.78 is 26.1. The molecule has 1 N–H and O–H groups in total. The lowest BCUT2D eigenvalue weighted by atomic mass is 10.1. The molecule has 156 valence electrons. The van der Waals surface area contributed by atoms with Gasteiger partial charge in [0.1, 0.15) is 0 Å². The molecule has 0 spiro atoms. The summed E-state index contributed by atoms with van der Waals surface area (Å²) in [7, 11) is -3.50. The molecule has 3 rings (SSSR count). The average molecular weight is 442 g/mol. The fourth-order valence-electron chi connectivity index (χ4n) is 2.86. The maximum Gasteiger partial charge on any atom is 0.271 e. The van der Waals surface area contributed by atoms with Crippen molar-refractivity contribution in [3.8, 4) is 0 Å². The lowest BCUT2D eigenvalue weighted by molar-refractivity contribution is 0.0955. The van der Waals surface area contributed by atoms with Crippen LogP contribution in [0.3, 0.4) is 0 Å². The smallest absolute Gasteiger partial charge is 0.267 e. The standard InChI is InChI=1S/C22H23N3O3S2/c1-16-7-4-5-8-19(16)15-25(30(3,27)28)20-12-10-18(11-13-20)22(26)24-23-17(2)21-9-6-14-29-21/h4-14H,15H2,1-3H3,(H,24,26)/b23-17-. The molecule has 0 aliphatic heterocycles. The van der Waals surface area contributed by atoms with Crippen molar-refractivity contribution in [1.29, 1.82) is 0 Å². The largest absolute Gasteiger partial charge is 0.271 e. The molecular formula is C22H23N3O3S2. The van der Waals surface area contributed by atoms with Gasteiger partial charge in [-0.2, -0.15) is 5.10 Å². The number of rotatable bonds is 7. The van der Waals surface area contributed by atoms with Crippen LogP contribution in [0.2, 0.25) is 0 Å². The second kappa shape index (κ2) is 9.23. The van der Waals surface area contributed by atoms with E-state index in [1.807, 2.05) is 55.6 Å². The normalized spacial score (nSPS) is 11.9. The number of benzene rings is 2. The molecule has 0 radical (unpaired) electrons. The van der Waals surface area contributed by atoms with Crippen molar-refractivity contribution in [2.24, 2.45) is 5.10 Å². The zero-order valence-corrected chi connectivity index (χ0v) is 18.6. The van der Waals surface area contributed by atoms with Crippen LogP contribution in [0, 0.1) is 6.92 Å². The summed E-state index contributed by atoms with van der Waals surface area (Å²) in [6, 6.07) is 17.9. The van der Waals surface area contributed by atoms with Gasteiger partial charge in [-0.1, -0.05) is 30.3 Å². The third-order valence-corrected chi connectivity index (χ3v) is 6.72. The average Bonchev–Trinajstić information content (AvgIpc) is 3.25. The molecule has 1 aromatic heterocycles. The Morgan fingerprint density at radius 1 is 1.07 bits per heavy atom. The molecule has 0 atom stereocenters. The van der Waals surface area contributed by atoms with Gasteiger partial charge in [-0.15, -0.1) is 11.3 Å². The zero-order valence-electron chi connectivity index (χ0n) is 17.0. The van der Waals surface area contributed by atoms with Gasteiger partial charge in [-0.25, -0.2) is 13.8 Å². The van der Waals surface area contributed by atoms with Crippen LogP contribution < -0.4 is 9.73 Å². The molecule has 2 aromatic carbocycles. The Bertz CT molecular complexity index is 1150. The molecule has 0 unspecified atom stereocenters. The van der Waals surface area contributed by atoms with Crippen molar-refractivity contribution in [3.05, 3.63) is 87.6 Å². The number of carbonyl (C=O) groups is 1. The van der Waals surface area contributed by atoms with Crippen LogP contribution in [0.1, 0.15) is 33.3 Å². The van der Waals surface area contributed by atoms with E-state index in [2.05, 4.69) is 10.5 Å². The van der Waals surface area contributed by atoms with Crippen molar-refractivity contribution in [3.63, 3.8) is 0 Å². The fourth-order valence-corrected chi connectivity index (χ4v) is 4.42. The number of thiophene rings is 1. The number of anilines is 1. The minimum atomic E-state index is -3.50. The topological polar surface area (TPSA) is 78.8 Å². The minimum Gasteiger partial charge on any atom is -0.267 e. The molecular weight excluding hydrogens is 418 g/mol. The summed E-state index contributed by atoms with van der Waals surface area (Å²) >= 11 is 1.54. The van der Waals surface area contributed by atoms with Gasteiger partial charge >= 0.3 is 0 Å². The molecule has 0 saturated carbocycles. The third kappa shape index (κ3) is 5.34. The molecule has 0 bridgehead atoms. The molecule has 30 heavy (non-hydrogen) atoms. The first kappa shape index (κ1) is 21.7. The maximum absolute atomic E-state index is 12.4. The molecule has 3 aromatic rings. The first-order valence-corrected chi connectivity index (χ1v) is 12.0. The number of amides is 1. The van der Waals surface area contributed by atoms with Crippen LogP contribution in [-0.2, 0) is 16.6 Å². The van der Waals surface area contributed by atoms with E-state index in [9.17, 15) is 13.2 Å². The SMILES string of the molecule is C/C(=N/NC(=O)c1ccc(N(Cc2ccccc2C)S(C)(=O)=O)cc1)c1cccs1. The van der Waals surface area contributed by atoms with Gasteiger partial charge in [0, 0.05) is 10.4 Å². The number of sulfonamides is 1. The number of carbonyl (C=O) groups excluding carboxylic acids is 1. The minimum absolute atomic E-state index is 0.224. The van der Waals surface area contributed by atoms with Crippen LogP contribution in [-0.4, -0.2) is 26.3 Å². The highest BCUT2D eigenvalue weighted by Crippen LogP contribution is 2.22. The molecule has 1 heterocycles. The van der Waals surface area contributed by atoms with Crippen LogP contribution in [0.5, 0.6) is 0 Å². The van der Waals surface area contributed by atoms with E-state index in [1.165, 1.54) is 10.6 Å². The van der Waals surface area contributed by atoms with Crippen LogP contribution in [0.15, 0.2) is 71.1 Å². The van der Waals surface area contributed by atoms with E-state index in [1.54, 1.807) is 35.6 Å². The van der Waals surface area contributed by atoms with Crippen molar-refractivity contribution in [2.45, 2.75) is 20.4 Å². The van der Waals surface area contributed by atoms with E-state index in [0.717, 1.165) is 21.7 Å². The zero-order chi connectivity index (χ0) is 21.7. The Morgan fingerprint density at radius 2 is 1.77 bits per heavy atom. The van der Waals surface area contributed by atoms with Gasteiger partial charge in [-0.3, -0.25) is 9.10 Å². The van der Waals surface area contributed by atoms with Gasteiger partial charge in [0.15, 0.2) is 0 Å². The second-order valence-corrected chi connectivity index (χ2v) is 9.71. The Kier molecular flexibility index (Phi) is 6.69. The highest BCUT2D eigenvalue weighted by molar-refractivity contribution is 7.92. The summed E-state index contributed by atoms with van der Waals surface area (Å²) in [6.45, 7) is 3.99. The predicted molar refractivity (Wildman–Crippen MR) is 123 cm³/mol. The fraction of sp³-hybridized carbons (Fsp3) is 0.182. The predicted octanol–water partition coefficient (Wildman–Crippen LogP) is 4.18. The summed E-state index contributed by atoms with van der Waals surface area (Å²) in [5.41, 5.74) is 6.08. The molecule has 0 aliphatic carbocycles. The summed E-state index contributed by atoms with van der Waals surface area (Å²) in [4.78, 5) is 13.4. The third-order valence-electron chi connectivity index (χ3n) is 4.60. The first-order valence-electron chi connectivity index (χ1n) is 9.26. The summed E-state index contributed by atoms with van der Waals surface area (Å²) in [5, 5.41) is 6.07. The van der Waals surface area contributed by atoms with Gasteiger partial charge in [0.25, 0.3) is 5.91 Å². The molecule has 0 fully saturated rings. The van der Waals surface area contributed by atoms with Gasteiger partial charge < -0.3 is 0 Å². The lowest BCUT2D eigenvalue weighted by Gasteiger charge is -2.23. The molecule has 8 heteroatoms. The summed E-state index contributed by atoms with van der Waals surface area (Å²) in [5.74, 6) is -0.359. The Labute approximate surface area is 180 Å². The number of nitrogens with zero attached hydrogens (tertiary/aromatic N) is 2. The van der Waals surface area contributed by atoms with Gasteiger partial charge in [0.05, 0.1) is 24.2 Å². The van der Waals surface area contributed by atoms with E-state index in [4.69, 9.17) is 0 Å². The molecule has 0 aliphatic rings. The summed E-state index contributed by atoms with van der Waals surface area (Å²) in [6.07, 6.45) is 1.17. The monoisotopic (exact) mass is 441 g/mol. The molecule has 0 saturated heterocycles. The van der Waals surface area contributed by atoms with Gasteiger partial charge in [0.2, 0.25) is 10.0 Å². The van der Waals surface area contributed by atoms with Crippen molar-refractivity contribution in [1.82, 2.24) is 5.43 Å². The quantitative estimate of drug-likeness (QED) is 0.441. The number of hydrogen-bond acceptors (Lipinski definition) is 5. The number of aryl methyl sites for hydroxylation is 1. The highest BCUT2D eigenvalue weighted by Gasteiger charge is 2.19. The van der Waals surface area contributed by atoms with Crippen LogP contribution >= 0.6 is 11.3 Å². The first-order chi connectivity index (χ1) is 14.3. The molecule has 1 amide bonds. The Morgan fingerprint density at radius 3 is 2.37 bits per heavy atom. The van der Waals surface area contributed by atoms with Crippen molar-refractivity contribution in [2.75, 3.05) is 10.6 Å². The van der Waals surface area contributed by atoms with Gasteiger partial charge in [-0.05, 0) is 60.7 Å². The maximum atomic E-state index is 12.4. The Balaban J connectivity index is 1.77.